The van der Waals surface area contributed by atoms with E-state index in [2.05, 4.69) is 25.6 Å². The van der Waals surface area contributed by atoms with Gasteiger partial charge in [-0.2, -0.15) is 0 Å². The number of benzene rings is 1. The van der Waals surface area contributed by atoms with E-state index in [0.29, 0.717) is 6.42 Å². The molecule has 0 amide bonds. The van der Waals surface area contributed by atoms with Crippen LogP contribution >= 0.6 is 0 Å². The molecule has 0 saturated carbocycles. The minimum Gasteiger partial charge on any atom is -0.294 e. The van der Waals surface area contributed by atoms with Crippen molar-refractivity contribution < 1.29 is 4.79 Å². The van der Waals surface area contributed by atoms with Crippen LogP contribution in [0, 0.1) is 11.3 Å². The Morgan fingerprint density at radius 3 is 2.44 bits per heavy atom. The molecule has 1 unspecified atom stereocenters. The summed E-state index contributed by atoms with van der Waals surface area (Å²) in [5, 5.41) is 0. The molecule has 1 heteroatoms. The van der Waals surface area contributed by atoms with Crippen molar-refractivity contribution in [3.05, 3.63) is 54.1 Å². The third kappa shape index (κ3) is 1.84. The highest BCUT2D eigenvalue weighted by Crippen LogP contribution is 2.48. The van der Waals surface area contributed by atoms with Crippen molar-refractivity contribution >= 4 is 11.4 Å². The first kappa shape index (κ1) is 12.8. The lowest BCUT2D eigenvalue weighted by atomic mass is 9.78. The molecule has 1 aliphatic carbocycles. The van der Waals surface area contributed by atoms with Crippen LogP contribution in [0.5, 0.6) is 0 Å². The zero-order valence-electron chi connectivity index (χ0n) is 11.4. The quantitative estimate of drug-likeness (QED) is 0.721. The van der Waals surface area contributed by atoms with Gasteiger partial charge in [0.2, 0.25) is 0 Å². The minimum absolute atomic E-state index is 0.252. The monoisotopic (exact) mass is 240 g/mol. The Kier molecular flexibility index (Phi) is 3.25. The fourth-order valence-electron chi connectivity index (χ4n) is 2.72. The molecule has 1 nitrogen and oxygen atoms in total. The van der Waals surface area contributed by atoms with Gasteiger partial charge in [-0.3, -0.25) is 4.79 Å². The van der Waals surface area contributed by atoms with Gasteiger partial charge in [-0.05, 0) is 23.5 Å². The van der Waals surface area contributed by atoms with Gasteiger partial charge in [0.1, 0.15) is 0 Å². The molecule has 1 atom stereocenters. The van der Waals surface area contributed by atoms with Crippen molar-refractivity contribution in [2.24, 2.45) is 11.3 Å². The van der Waals surface area contributed by atoms with Crippen molar-refractivity contribution in [3.8, 4) is 0 Å². The number of carbonyl (C=O) groups excluding carboxylic acids is 1. The van der Waals surface area contributed by atoms with Gasteiger partial charge >= 0.3 is 0 Å². The molecule has 0 spiro atoms. The van der Waals surface area contributed by atoms with E-state index in [1.54, 1.807) is 0 Å². The first-order valence-corrected chi connectivity index (χ1v) is 6.44. The molecule has 0 aromatic heterocycles. The Labute approximate surface area is 109 Å². The van der Waals surface area contributed by atoms with Gasteiger partial charge in [0, 0.05) is 11.0 Å². The number of hydrogen-bond acceptors (Lipinski definition) is 1. The van der Waals surface area contributed by atoms with Gasteiger partial charge in [0.05, 0.1) is 0 Å². The fraction of sp³-hybridized carbons (Fsp3) is 0.353. The van der Waals surface area contributed by atoms with E-state index < -0.39 is 0 Å². The van der Waals surface area contributed by atoms with Gasteiger partial charge in [-0.15, -0.1) is 6.58 Å². The molecule has 0 radical (unpaired) electrons. The van der Waals surface area contributed by atoms with Crippen LogP contribution in [0.4, 0.5) is 0 Å². The van der Waals surface area contributed by atoms with Crippen molar-refractivity contribution in [2.45, 2.75) is 27.2 Å². The Morgan fingerprint density at radius 1 is 1.28 bits per heavy atom. The number of allylic oxidation sites excluding steroid dienone is 3. The summed E-state index contributed by atoms with van der Waals surface area (Å²) >= 11 is 0. The largest absolute Gasteiger partial charge is 0.294 e. The lowest BCUT2D eigenvalue weighted by Crippen LogP contribution is -2.25. The second kappa shape index (κ2) is 4.56. The van der Waals surface area contributed by atoms with E-state index >= 15 is 0 Å². The number of rotatable bonds is 3. The average Bonchev–Trinajstić information content (AvgIpc) is 2.53. The summed E-state index contributed by atoms with van der Waals surface area (Å²) < 4.78 is 0. The Bertz CT molecular complexity index is 506. The van der Waals surface area contributed by atoms with E-state index in [4.69, 9.17) is 0 Å². The van der Waals surface area contributed by atoms with Crippen LogP contribution in [-0.4, -0.2) is 5.78 Å². The van der Waals surface area contributed by atoms with Crippen molar-refractivity contribution in [2.75, 3.05) is 0 Å². The van der Waals surface area contributed by atoms with Crippen LogP contribution in [0.25, 0.3) is 5.57 Å². The lowest BCUT2D eigenvalue weighted by Gasteiger charge is -2.24. The minimum atomic E-state index is -0.302. The first-order valence-electron chi connectivity index (χ1n) is 6.44. The van der Waals surface area contributed by atoms with Crippen LogP contribution in [0.1, 0.15) is 32.8 Å². The lowest BCUT2D eigenvalue weighted by molar-refractivity contribution is -0.123. The predicted octanol–water partition coefficient (Wildman–Crippen LogP) is 4.26. The topological polar surface area (TPSA) is 17.1 Å². The third-order valence-corrected chi connectivity index (χ3v) is 4.13. The molecule has 1 aliphatic rings. The van der Waals surface area contributed by atoms with Gasteiger partial charge in [-0.1, -0.05) is 57.2 Å². The summed E-state index contributed by atoms with van der Waals surface area (Å²) in [4.78, 5) is 12.5. The summed E-state index contributed by atoms with van der Waals surface area (Å²) in [7, 11) is 0. The van der Waals surface area contributed by atoms with Gasteiger partial charge < -0.3 is 0 Å². The van der Waals surface area contributed by atoms with Crippen LogP contribution in [0.15, 0.2) is 48.6 Å². The third-order valence-electron chi connectivity index (χ3n) is 4.13. The van der Waals surface area contributed by atoms with E-state index in [9.17, 15) is 4.79 Å². The smallest absolute Gasteiger partial charge is 0.165 e. The molecule has 1 aromatic rings. The maximum absolute atomic E-state index is 12.5. The van der Waals surface area contributed by atoms with Crippen LogP contribution in [0.3, 0.4) is 0 Å². The highest BCUT2D eigenvalue weighted by Gasteiger charge is 2.45. The Hall–Kier alpha value is -1.63. The van der Waals surface area contributed by atoms with E-state index in [0.717, 1.165) is 5.57 Å². The van der Waals surface area contributed by atoms with E-state index in [1.165, 1.54) is 11.1 Å². The molecule has 1 aromatic carbocycles. The first-order chi connectivity index (χ1) is 8.50. The van der Waals surface area contributed by atoms with E-state index in [1.807, 2.05) is 38.1 Å². The zero-order chi connectivity index (χ0) is 13.3. The zero-order valence-corrected chi connectivity index (χ0v) is 11.4. The summed E-state index contributed by atoms with van der Waals surface area (Å²) in [6, 6.07) is 10.2. The van der Waals surface area contributed by atoms with Gasteiger partial charge in [-0.25, -0.2) is 0 Å². The van der Waals surface area contributed by atoms with Crippen LogP contribution in [0.2, 0.25) is 0 Å². The molecule has 18 heavy (non-hydrogen) atoms. The molecular formula is C17H20O. The molecule has 0 heterocycles. The average molecular weight is 240 g/mol. The standard InChI is InChI=1S/C17H20O/c1-5-9-14-15(13-10-7-6-8-11-13)12(2)17(3,4)16(14)18/h5-8,10-12H,1,9H2,2-4H3. The molecule has 2 rings (SSSR count). The SMILES string of the molecule is C=CCC1=C(c2ccccc2)C(C)C(C)(C)C1=O. The number of ketones is 1. The Balaban J connectivity index is 2.59. The Morgan fingerprint density at radius 2 is 1.89 bits per heavy atom. The summed E-state index contributed by atoms with van der Waals surface area (Å²) in [5.41, 5.74) is 3.00. The highest BCUT2D eigenvalue weighted by molar-refractivity contribution is 6.11. The number of hydrogen-bond donors (Lipinski definition) is 0. The van der Waals surface area contributed by atoms with Crippen molar-refractivity contribution in [3.63, 3.8) is 0 Å². The number of Topliss-reactive ketones (excluding diaryl/α,β-unsaturated/α-hetero) is 1. The second-order valence-electron chi connectivity index (χ2n) is 5.52. The predicted molar refractivity (Wildman–Crippen MR) is 76.1 cm³/mol. The van der Waals surface area contributed by atoms with E-state index in [-0.39, 0.29) is 17.1 Å². The summed E-state index contributed by atoms with van der Waals surface area (Å²) in [6.45, 7) is 10.0. The number of carbonyl (C=O) groups is 1. The molecule has 0 fully saturated rings. The highest BCUT2D eigenvalue weighted by atomic mass is 16.1. The molecule has 0 N–H and O–H groups in total. The second-order valence-corrected chi connectivity index (χ2v) is 5.52. The molecule has 0 bridgehead atoms. The van der Waals surface area contributed by atoms with Crippen LogP contribution in [-0.2, 0) is 4.79 Å². The molecule has 0 saturated heterocycles. The molecule has 94 valence electrons. The van der Waals surface area contributed by atoms with Crippen LogP contribution < -0.4 is 0 Å². The van der Waals surface area contributed by atoms with Crippen molar-refractivity contribution in [1.82, 2.24) is 0 Å². The van der Waals surface area contributed by atoms with Crippen molar-refractivity contribution in [1.29, 1.82) is 0 Å². The van der Waals surface area contributed by atoms with Gasteiger partial charge in [0.15, 0.2) is 5.78 Å². The normalized spacial score (nSPS) is 22.4. The fourth-order valence-corrected chi connectivity index (χ4v) is 2.72. The maximum Gasteiger partial charge on any atom is 0.165 e. The summed E-state index contributed by atoms with van der Waals surface area (Å²) in [5.74, 6) is 0.524. The summed E-state index contributed by atoms with van der Waals surface area (Å²) in [6.07, 6.45) is 2.49. The molecule has 0 aliphatic heterocycles. The van der Waals surface area contributed by atoms with Gasteiger partial charge in [0.25, 0.3) is 0 Å². The molecular weight excluding hydrogens is 220 g/mol. The maximum atomic E-state index is 12.5.